The number of nitrogens with one attached hydrogen (secondary N) is 1. The number of hydrogen-bond donors (Lipinski definition) is 1. The first kappa shape index (κ1) is 17.0. The number of sulfone groups is 1. The van der Waals surface area contributed by atoms with Crippen LogP contribution in [0, 0.1) is 13.8 Å². The lowest BCUT2D eigenvalue weighted by Crippen LogP contribution is -2.21. The molecule has 0 unspecified atom stereocenters. The predicted molar refractivity (Wildman–Crippen MR) is 89.6 cm³/mol. The van der Waals surface area contributed by atoms with Crippen LogP contribution in [0.3, 0.4) is 0 Å². The second kappa shape index (κ2) is 6.83. The van der Waals surface area contributed by atoms with Gasteiger partial charge in [-0.15, -0.1) is 0 Å². The molecule has 0 spiro atoms. The number of aryl methyl sites for hydroxylation is 2. The van der Waals surface area contributed by atoms with Crippen molar-refractivity contribution in [3.05, 3.63) is 53.6 Å². The van der Waals surface area contributed by atoms with Crippen LogP contribution in [0.5, 0.6) is 5.75 Å². The number of rotatable bonds is 5. The number of hydrogen-bond acceptors (Lipinski definition) is 4. The summed E-state index contributed by atoms with van der Waals surface area (Å²) in [5.74, 6) is -0.175. The minimum Gasteiger partial charge on any atom is -0.482 e. The second-order valence-electron chi connectivity index (χ2n) is 5.37. The van der Waals surface area contributed by atoms with Crippen molar-refractivity contribution in [3.63, 3.8) is 0 Å². The summed E-state index contributed by atoms with van der Waals surface area (Å²) in [4.78, 5) is 12.1. The van der Waals surface area contributed by atoms with Gasteiger partial charge in [-0.1, -0.05) is 29.8 Å². The summed E-state index contributed by atoms with van der Waals surface area (Å²) < 4.78 is 28.7. The van der Waals surface area contributed by atoms with Crippen LogP contribution in [-0.4, -0.2) is 27.2 Å². The fourth-order valence-electron chi connectivity index (χ4n) is 2.16. The molecule has 0 aliphatic carbocycles. The Bertz CT molecular complexity index is 828. The lowest BCUT2D eigenvalue weighted by Gasteiger charge is -2.12. The normalized spacial score (nSPS) is 11.1. The quantitative estimate of drug-likeness (QED) is 0.913. The molecular formula is C17H19NO4S. The zero-order valence-corrected chi connectivity index (χ0v) is 14.1. The summed E-state index contributed by atoms with van der Waals surface area (Å²) in [6, 6.07) is 11.9. The van der Waals surface area contributed by atoms with E-state index in [4.69, 9.17) is 4.74 Å². The molecule has 0 aromatic heterocycles. The predicted octanol–water partition coefficient (Wildman–Crippen LogP) is 2.72. The van der Waals surface area contributed by atoms with Gasteiger partial charge in [0.15, 0.2) is 16.4 Å². The van der Waals surface area contributed by atoms with Crippen LogP contribution >= 0.6 is 0 Å². The number of para-hydroxylation sites is 1. The van der Waals surface area contributed by atoms with E-state index in [1.54, 1.807) is 12.1 Å². The Balaban J connectivity index is 2.06. The van der Waals surface area contributed by atoms with Crippen molar-refractivity contribution in [3.8, 4) is 5.75 Å². The maximum Gasteiger partial charge on any atom is 0.262 e. The first-order valence-corrected chi connectivity index (χ1v) is 8.95. The van der Waals surface area contributed by atoms with Gasteiger partial charge >= 0.3 is 0 Å². The largest absolute Gasteiger partial charge is 0.482 e. The monoisotopic (exact) mass is 333 g/mol. The molecule has 0 saturated heterocycles. The molecule has 0 atom stereocenters. The fourth-order valence-corrected chi connectivity index (χ4v) is 2.98. The number of carbonyl (C=O) groups excluding carboxylic acids is 1. The van der Waals surface area contributed by atoms with Crippen LogP contribution < -0.4 is 10.1 Å². The van der Waals surface area contributed by atoms with Gasteiger partial charge in [0.1, 0.15) is 10.6 Å². The lowest BCUT2D eigenvalue weighted by molar-refractivity contribution is -0.118. The van der Waals surface area contributed by atoms with E-state index in [0.29, 0.717) is 5.69 Å². The summed E-state index contributed by atoms with van der Waals surface area (Å²) in [6.07, 6.45) is 1.10. The van der Waals surface area contributed by atoms with Gasteiger partial charge in [-0.05, 0) is 37.6 Å². The summed E-state index contributed by atoms with van der Waals surface area (Å²) >= 11 is 0. The molecule has 0 aliphatic heterocycles. The third kappa shape index (κ3) is 4.56. The lowest BCUT2D eigenvalue weighted by atomic mass is 10.1. The molecule has 23 heavy (non-hydrogen) atoms. The van der Waals surface area contributed by atoms with Crippen molar-refractivity contribution in [1.29, 1.82) is 0 Å². The van der Waals surface area contributed by atoms with Crippen LogP contribution in [-0.2, 0) is 14.6 Å². The molecule has 6 heteroatoms. The molecule has 2 aromatic carbocycles. The zero-order chi connectivity index (χ0) is 17.0. The van der Waals surface area contributed by atoms with Crippen molar-refractivity contribution in [1.82, 2.24) is 0 Å². The van der Waals surface area contributed by atoms with Gasteiger partial charge < -0.3 is 10.1 Å². The molecule has 2 rings (SSSR count). The molecule has 0 bridgehead atoms. The van der Waals surface area contributed by atoms with Crippen molar-refractivity contribution >= 4 is 21.4 Å². The number of ether oxygens (including phenoxy) is 1. The van der Waals surface area contributed by atoms with E-state index in [-0.39, 0.29) is 23.2 Å². The topological polar surface area (TPSA) is 72.5 Å². The molecule has 0 radical (unpaired) electrons. The van der Waals surface area contributed by atoms with Gasteiger partial charge in [-0.3, -0.25) is 4.79 Å². The maximum absolute atomic E-state index is 12.0. The number of amides is 1. The zero-order valence-electron chi connectivity index (χ0n) is 13.3. The first-order chi connectivity index (χ1) is 10.8. The maximum atomic E-state index is 12.0. The minimum atomic E-state index is -3.41. The molecule has 122 valence electrons. The van der Waals surface area contributed by atoms with Crippen molar-refractivity contribution in [2.24, 2.45) is 0 Å². The molecule has 1 amide bonds. The third-order valence-corrected chi connectivity index (χ3v) is 4.40. The average Bonchev–Trinajstić information content (AvgIpc) is 2.47. The number of carbonyl (C=O) groups is 1. The highest BCUT2D eigenvalue weighted by Gasteiger charge is 2.15. The molecule has 2 aromatic rings. The minimum absolute atomic E-state index is 0.0688. The van der Waals surface area contributed by atoms with Gasteiger partial charge in [-0.2, -0.15) is 0 Å². The van der Waals surface area contributed by atoms with Crippen molar-refractivity contribution < 1.29 is 17.9 Å². The van der Waals surface area contributed by atoms with Crippen LogP contribution in [0.2, 0.25) is 0 Å². The highest BCUT2D eigenvalue weighted by Crippen LogP contribution is 2.23. The molecule has 0 fully saturated rings. The number of benzene rings is 2. The Morgan fingerprint density at radius 3 is 2.48 bits per heavy atom. The van der Waals surface area contributed by atoms with Crippen LogP contribution in [0.1, 0.15) is 11.1 Å². The van der Waals surface area contributed by atoms with Crippen LogP contribution in [0.25, 0.3) is 0 Å². The fraction of sp³-hybridized carbons (Fsp3) is 0.235. The summed E-state index contributed by atoms with van der Waals surface area (Å²) in [7, 11) is -3.41. The molecule has 0 aliphatic rings. The van der Waals surface area contributed by atoms with E-state index < -0.39 is 9.84 Å². The highest BCUT2D eigenvalue weighted by molar-refractivity contribution is 7.90. The van der Waals surface area contributed by atoms with E-state index in [1.807, 2.05) is 32.0 Å². The molecular weight excluding hydrogens is 314 g/mol. The first-order valence-electron chi connectivity index (χ1n) is 7.06. The SMILES string of the molecule is Cc1ccc(NC(=O)COc2ccccc2S(C)(=O)=O)c(C)c1. The van der Waals surface area contributed by atoms with E-state index in [2.05, 4.69) is 5.32 Å². The summed E-state index contributed by atoms with van der Waals surface area (Å²) in [6.45, 7) is 3.62. The van der Waals surface area contributed by atoms with Crippen molar-refractivity contribution in [2.45, 2.75) is 18.7 Å². The Kier molecular flexibility index (Phi) is 5.05. The Labute approximate surface area is 136 Å². The van der Waals surface area contributed by atoms with E-state index in [9.17, 15) is 13.2 Å². The summed E-state index contributed by atoms with van der Waals surface area (Å²) in [5, 5.41) is 2.75. The van der Waals surface area contributed by atoms with Crippen LogP contribution in [0.15, 0.2) is 47.4 Å². The average molecular weight is 333 g/mol. The Hall–Kier alpha value is -2.34. The highest BCUT2D eigenvalue weighted by atomic mass is 32.2. The second-order valence-corrected chi connectivity index (χ2v) is 7.36. The smallest absolute Gasteiger partial charge is 0.262 e. The van der Waals surface area contributed by atoms with Gasteiger partial charge in [0.25, 0.3) is 5.91 Å². The van der Waals surface area contributed by atoms with Gasteiger partial charge in [0.05, 0.1) is 0 Å². The molecule has 0 saturated carbocycles. The van der Waals surface area contributed by atoms with Crippen LogP contribution in [0.4, 0.5) is 5.69 Å². The molecule has 0 heterocycles. The Morgan fingerprint density at radius 1 is 1.13 bits per heavy atom. The van der Waals surface area contributed by atoms with E-state index in [1.165, 1.54) is 12.1 Å². The molecule has 1 N–H and O–H groups in total. The summed E-state index contributed by atoms with van der Waals surface area (Å²) in [5.41, 5.74) is 2.77. The van der Waals surface area contributed by atoms with E-state index >= 15 is 0 Å². The number of anilines is 1. The van der Waals surface area contributed by atoms with E-state index in [0.717, 1.165) is 17.4 Å². The van der Waals surface area contributed by atoms with Gasteiger partial charge in [-0.25, -0.2) is 8.42 Å². The van der Waals surface area contributed by atoms with Gasteiger partial charge in [0.2, 0.25) is 0 Å². The van der Waals surface area contributed by atoms with Crippen molar-refractivity contribution in [2.75, 3.05) is 18.2 Å². The standard InChI is InChI=1S/C17H19NO4S/c1-12-8-9-14(13(2)10-12)18-17(19)11-22-15-6-4-5-7-16(15)23(3,20)21/h4-10H,11H2,1-3H3,(H,18,19). The molecule has 5 nitrogen and oxygen atoms in total. The van der Waals surface area contributed by atoms with Gasteiger partial charge in [0, 0.05) is 11.9 Å². The third-order valence-electron chi connectivity index (χ3n) is 3.26. The Morgan fingerprint density at radius 2 is 1.83 bits per heavy atom.